The highest BCUT2D eigenvalue weighted by molar-refractivity contribution is 5.77. The van der Waals surface area contributed by atoms with Crippen molar-refractivity contribution >= 4 is 5.91 Å². The highest BCUT2D eigenvalue weighted by Crippen LogP contribution is 2.18. The van der Waals surface area contributed by atoms with Gasteiger partial charge in [0.15, 0.2) is 0 Å². The molecule has 1 aromatic rings. The summed E-state index contributed by atoms with van der Waals surface area (Å²) in [4.78, 5) is 13.9. The van der Waals surface area contributed by atoms with E-state index >= 15 is 0 Å². The van der Waals surface area contributed by atoms with Crippen molar-refractivity contribution < 1.29 is 9.90 Å². The Morgan fingerprint density at radius 2 is 2.33 bits per heavy atom. The summed E-state index contributed by atoms with van der Waals surface area (Å²) >= 11 is 0. The smallest absolute Gasteiger partial charge is 0.223 e. The molecular weight excluding hydrogens is 226 g/mol. The predicted molar refractivity (Wildman–Crippen MR) is 71.3 cm³/mol. The second-order valence-electron chi connectivity index (χ2n) is 5.05. The summed E-state index contributed by atoms with van der Waals surface area (Å²) in [6.07, 6.45) is 3.28. The van der Waals surface area contributed by atoms with E-state index in [4.69, 9.17) is 0 Å². The van der Waals surface area contributed by atoms with Gasteiger partial charge in [-0.2, -0.15) is 0 Å². The van der Waals surface area contributed by atoms with Crippen LogP contribution in [0.1, 0.15) is 30.4 Å². The molecule has 1 heterocycles. The van der Waals surface area contributed by atoms with Crippen LogP contribution in [-0.4, -0.2) is 35.1 Å². The lowest BCUT2D eigenvalue weighted by atomic mass is 10.1. The summed E-state index contributed by atoms with van der Waals surface area (Å²) in [6, 6.07) is 8.33. The number of carbonyl (C=O) groups excluding carboxylic acids is 1. The van der Waals surface area contributed by atoms with E-state index in [0.29, 0.717) is 6.42 Å². The van der Waals surface area contributed by atoms with Crippen LogP contribution in [0.4, 0.5) is 0 Å². The number of nitrogens with zero attached hydrogens (tertiary/aromatic N) is 1. The van der Waals surface area contributed by atoms with E-state index in [9.17, 15) is 9.90 Å². The molecule has 1 fully saturated rings. The number of amides is 1. The second-order valence-corrected chi connectivity index (χ2v) is 5.05. The van der Waals surface area contributed by atoms with Crippen LogP contribution in [-0.2, 0) is 11.2 Å². The fourth-order valence-corrected chi connectivity index (χ4v) is 2.62. The van der Waals surface area contributed by atoms with E-state index in [1.54, 1.807) is 0 Å². The third-order valence-electron chi connectivity index (χ3n) is 3.62. The van der Waals surface area contributed by atoms with E-state index in [2.05, 4.69) is 25.1 Å². The first kappa shape index (κ1) is 13.1. The second kappa shape index (κ2) is 6.01. The minimum absolute atomic E-state index is 0.0509. The third kappa shape index (κ3) is 3.10. The van der Waals surface area contributed by atoms with Crippen LogP contribution >= 0.6 is 0 Å². The van der Waals surface area contributed by atoms with Crippen molar-refractivity contribution in [3.8, 4) is 0 Å². The van der Waals surface area contributed by atoms with Gasteiger partial charge in [0.05, 0.1) is 12.6 Å². The number of aliphatic hydroxyl groups is 1. The predicted octanol–water partition coefficient (Wildman–Crippen LogP) is 1.91. The molecule has 0 spiro atoms. The number of carbonyl (C=O) groups is 1. The number of hydrogen-bond acceptors (Lipinski definition) is 2. The van der Waals surface area contributed by atoms with Crippen LogP contribution in [0, 0.1) is 6.92 Å². The van der Waals surface area contributed by atoms with Gasteiger partial charge in [-0.1, -0.05) is 29.8 Å². The molecule has 2 rings (SSSR count). The SMILES string of the molecule is Cc1cccc(CCC(=O)N2CCCC2CO)c1. The molecule has 1 amide bonds. The standard InChI is InChI=1S/C15H21NO2/c1-12-4-2-5-13(10-12)7-8-15(18)16-9-3-6-14(16)11-17/h2,4-5,10,14,17H,3,6-9,11H2,1H3. The van der Waals surface area contributed by atoms with Gasteiger partial charge in [0.25, 0.3) is 0 Å². The first-order chi connectivity index (χ1) is 8.70. The molecule has 0 saturated carbocycles. The van der Waals surface area contributed by atoms with E-state index < -0.39 is 0 Å². The maximum absolute atomic E-state index is 12.1. The van der Waals surface area contributed by atoms with Gasteiger partial charge >= 0.3 is 0 Å². The monoisotopic (exact) mass is 247 g/mol. The lowest BCUT2D eigenvalue weighted by Crippen LogP contribution is -2.37. The Morgan fingerprint density at radius 1 is 1.50 bits per heavy atom. The van der Waals surface area contributed by atoms with E-state index in [-0.39, 0.29) is 18.6 Å². The third-order valence-corrected chi connectivity index (χ3v) is 3.62. The van der Waals surface area contributed by atoms with Gasteiger partial charge in [-0.05, 0) is 31.7 Å². The maximum Gasteiger partial charge on any atom is 0.223 e. The number of benzene rings is 1. The fraction of sp³-hybridized carbons (Fsp3) is 0.533. The van der Waals surface area contributed by atoms with Crippen molar-refractivity contribution in [2.75, 3.05) is 13.2 Å². The van der Waals surface area contributed by atoms with Crippen LogP contribution in [0.25, 0.3) is 0 Å². The topological polar surface area (TPSA) is 40.5 Å². The minimum Gasteiger partial charge on any atom is -0.394 e. The summed E-state index contributed by atoms with van der Waals surface area (Å²) in [5, 5.41) is 9.21. The Bertz CT molecular complexity index is 417. The Morgan fingerprint density at radius 3 is 3.06 bits per heavy atom. The Hall–Kier alpha value is -1.35. The highest BCUT2D eigenvalue weighted by Gasteiger charge is 2.27. The maximum atomic E-state index is 12.1. The molecule has 1 unspecified atom stereocenters. The number of aryl methyl sites for hydroxylation is 2. The molecule has 98 valence electrons. The average Bonchev–Trinajstić information content (AvgIpc) is 2.84. The summed E-state index contributed by atoms with van der Waals surface area (Å²) in [5.41, 5.74) is 2.44. The van der Waals surface area contributed by atoms with Crippen molar-refractivity contribution in [2.45, 2.75) is 38.6 Å². The zero-order valence-corrected chi connectivity index (χ0v) is 10.9. The Kier molecular flexibility index (Phi) is 4.37. The molecule has 1 saturated heterocycles. The zero-order valence-electron chi connectivity index (χ0n) is 10.9. The molecule has 1 aliphatic rings. The summed E-state index contributed by atoms with van der Waals surface area (Å²) in [6.45, 7) is 2.96. The van der Waals surface area contributed by atoms with Gasteiger partial charge in [0.2, 0.25) is 5.91 Å². The molecule has 0 aliphatic carbocycles. The van der Waals surface area contributed by atoms with Crippen molar-refractivity contribution in [1.82, 2.24) is 4.90 Å². The molecular formula is C15H21NO2. The van der Waals surface area contributed by atoms with Gasteiger partial charge in [-0.3, -0.25) is 4.79 Å². The Labute approximate surface area is 108 Å². The van der Waals surface area contributed by atoms with Crippen molar-refractivity contribution in [3.05, 3.63) is 35.4 Å². The molecule has 1 aromatic carbocycles. The van der Waals surface area contributed by atoms with Crippen molar-refractivity contribution in [3.63, 3.8) is 0 Å². The van der Waals surface area contributed by atoms with Crippen molar-refractivity contribution in [2.24, 2.45) is 0 Å². The molecule has 18 heavy (non-hydrogen) atoms. The minimum atomic E-state index is 0.0509. The molecule has 1 N–H and O–H groups in total. The van der Waals surface area contributed by atoms with Gasteiger partial charge in [0, 0.05) is 13.0 Å². The summed E-state index contributed by atoms with van der Waals surface area (Å²) in [5.74, 6) is 0.174. The zero-order chi connectivity index (χ0) is 13.0. The molecule has 0 aromatic heterocycles. The summed E-state index contributed by atoms with van der Waals surface area (Å²) < 4.78 is 0. The van der Waals surface area contributed by atoms with Gasteiger partial charge in [0.1, 0.15) is 0 Å². The number of likely N-dealkylation sites (tertiary alicyclic amines) is 1. The van der Waals surface area contributed by atoms with Gasteiger partial charge in [-0.15, -0.1) is 0 Å². The molecule has 0 bridgehead atoms. The normalized spacial score (nSPS) is 19.2. The molecule has 3 nitrogen and oxygen atoms in total. The van der Waals surface area contributed by atoms with Crippen LogP contribution in [0.15, 0.2) is 24.3 Å². The molecule has 0 radical (unpaired) electrons. The van der Waals surface area contributed by atoms with E-state index in [1.807, 2.05) is 11.0 Å². The van der Waals surface area contributed by atoms with E-state index in [0.717, 1.165) is 25.8 Å². The quantitative estimate of drug-likeness (QED) is 0.883. The lowest BCUT2D eigenvalue weighted by molar-refractivity contribution is -0.132. The van der Waals surface area contributed by atoms with Crippen molar-refractivity contribution in [1.29, 1.82) is 0 Å². The number of aliphatic hydroxyl groups excluding tert-OH is 1. The number of hydrogen-bond donors (Lipinski definition) is 1. The van der Waals surface area contributed by atoms with Crippen LogP contribution < -0.4 is 0 Å². The largest absolute Gasteiger partial charge is 0.394 e. The first-order valence-corrected chi connectivity index (χ1v) is 6.66. The molecule has 3 heteroatoms. The first-order valence-electron chi connectivity index (χ1n) is 6.66. The number of rotatable bonds is 4. The Balaban J connectivity index is 1.88. The highest BCUT2D eigenvalue weighted by atomic mass is 16.3. The average molecular weight is 247 g/mol. The molecule has 1 aliphatic heterocycles. The summed E-state index contributed by atoms with van der Waals surface area (Å²) in [7, 11) is 0. The van der Waals surface area contributed by atoms with E-state index in [1.165, 1.54) is 11.1 Å². The molecule has 1 atom stereocenters. The van der Waals surface area contributed by atoms with Crippen LogP contribution in [0.2, 0.25) is 0 Å². The van der Waals surface area contributed by atoms with Crippen LogP contribution in [0.5, 0.6) is 0 Å². The fourth-order valence-electron chi connectivity index (χ4n) is 2.62. The lowest BCUT2D eigenvalue weighted by Gasteiger charge is -2.23. The van der Waals surface area contributed by atoms with Gasteiger partial charge < -0.3 is 10.0 Å². The van der Waals surface area contributed by atoms with Gasteiger partial charge in [-0.25, -0.2) is 0 Å². The van der Waals surface area contributed by atoms with Crippen LogP contribution in [0.3, 0.4) is 0 Å².